The van der Waals surface area contributed by atoms with Crippen LogP contribution in [-0.2, 0) is 0 Å². The highest BCUT2D eigenvalue weighted by atomic mass is 79.9. The van der Waals surface area contributed by atoms with E-state index in [-0.39, 0.29) is 11.4 Å². The third-order valence-electron chi connectivity index (χ3n) is 3.50. The van der Waals surface area contributed by atoms with Gasteiger partial charge in [-0.3, -0.25) is 4.79 Å². The number of carbonyl (C=O) groups excluding carboxylic acids is 1. The average Bonchev–Trinajstić information content (AvgIpc) is 2.28. The average molecular weight is 331 g/mol. The summed E-state index contributed by atoms with van der Waals surface area (Å²) in [7, 11) is 0. The number of carbonyl (C=O) groups is 1. The lowest BCUT2D eigenvalue weighted by Gasteiger charge is -2.34. The molecule has 0 aliphatic heterocycles. The highest BCUT2D eigenvalue weighted by Gasteiger charge is 2.28. The zero-order chi connectivity index (χ0) is 13.2. The highest BCUT2D eigenvalue weighted by Crippen LogP contribution is 2.28. The van der Waals surface area contributed by atoms with Crippen LogP contribution in [0.4, 0.5) is 0 Å². The molecule has 0 spiro atoms. The van der Waals surface area contributed by atoms with Gasteiger partial charge in [-0.1, -0.05) is 46.8 Å². The molecule has 0 atom stereocenters. The van der Waals surface area contributed by atoms with E-state index in [0.717, 1.165) is 17.3 Å². The highest BCUT2D eigenvalue weighted by molar-refractivity contribution is 9.10. The van der Waals surface area contributed by atoms with E-state index in [4.69, 9.17) is 11.6 Å². The van der Waals surface area contributed by atoms with Gasteiger partial charge in [-0.2, -0.15) is 0 Å². The van der Waals surface area contributed by atoms with Gasteiger partial charge in [-0.25, -0.2) is 0 Å². The first kappa shape index (κ1) is 13.9. The Morgan fingerprint density at radius 2 is 1.94 bits per heavy atom. The topological polar surface area (TPSA) is 29.1 Å². The zero-order valence-corrected chi connectivity index (χ0v) is 12.8. The first-order valence-corrected chi connectivity index (χ1v) is 7.44. The largest absolute Gasteiger partial charge is 0.347 e. The van der Waals surface area contributed by atoms with Crippen LogP contribution < -0.4 is 5.32 Å². The number of amides is 1. The molecule has 2 rings (SSSR count). The van der Waals surface area contributed by atoms with Crippen molar-refractivity contribution in [1.29, 1.82) is 0 Å². The Kier molecular flexibility index (Phi) is 4.33. The Balaban J connectivity index is 2.11. The fraction of sp³-hybridized carbons (Fsp3) is 0.500. The molecule has 18 heavy (non-hydrogen) atoms. The van der Waals surface area contributed by atoms with Gasteiger partial charge >= 0.3 is 0 Å². The van der Waals surface area contributed by atoms with Crippen LogP contribution in [-0.4, -0.2) is 11.4 Å². The van der Waals surface area contributed by atoms with E-state index in [1.54, 1.807) is 18.2 Å². The standard InChI is InChI=1S/C14H17BrClNO/c1-14(5-3-2-4-6-14)17-13(18)10-7-11(15)9-12(16)8-10/h7-9H,2-6H2,1H3,(H,17,18). The van der Waals surface area contributed by atoms with Crippen LogP contribution in [0.3, 0.4) is 0 Å². The molecular weight excluding hydrogens is 314 g/mol. The summed E-state index contributed by atoms with van der Waals surface area (Å²) in [4.78, 5) is 12.2. The molecule has 1 aliphatic rings. The summed E-state index contributed by atoms with van der Waals surface area (Å²) in [6.45, 7) is 2.13. The maximum Gasteiger partial charge on any atom is 0.251 e. The maximum atomic E-state index is 12.2. The van der Waals surface area contributed by atoms with Crippen LogP contribution in [0.5, 0.6) is 0 Å². The van der Waals surface area contributed by atoms with Crippen molar-refractivity contribution in [3.05, 3.63) is 33.3 Å². The number of halogens is 2. The summed E-state index contributed by atoms with van der Waals surface area (Å²) in [5.74, 6) is -0.0393. The summed E-state index contributed by atoms with van der Waals surface area (Å²) in [5, 5.41) is 3.72. The number of nitrogens with one attached hydrogen (secondary N) is 1. The molecule has 0 heterocycles. The first-order chi connectivity index (χ1) is 8.48. The Hall–Kier alpha value is -0.540. The third-order valence-corrected chi connectivity index (χ3v) is 4.17. The fourth-order valence-corrected chi connectivity index (χ4v) is 3.35. The summed E-state index contributed by atoms with van der Waals surface area (Å²) in [5.41, 5.74) is 0.547. The Morgan fingerprint density at radius 3 is 2.56 bits per heavy atom. The summed E-state index contributed by atoms with van der Waals surface area (Å²) in [6, 6.07) is 5.28. The lowest BCUT2D eigenvalue weighted by molar-refractivity contribution is 0.0882. The van der Waals surface area contributed by atoms with E-state index in [1.807, 2.05) is 0 Å². The molecule has 98 valence electrons. The van der Waals surface area contributed by atoms with Crippen molar-refractivity contribution < 1.29 is 4.79 Å². The molecule has 0 radical (unpaired) electrons. The van der Waals surface area contributed by atoms with Crippen molar-refractivity contribution in [2.45, 2.75) is 44.6 Å². The van der Waals surface area contributed by atoms with E-state index >= 15 is 0 Å². The molecule has 1 aromatic rings. The van der Waals surface area contributed by atoms with Gasteiger partial charge in [0.05, 0.1) is 0 Å². The maximum absolute atomic E-state index is 12.2. The van der Waals surface area contributed by atoms with Crippen molar-refractivity contribution in [2.75, 3.05) is 0 Å². The molecule has 1 aromatic carbocycles. The first-order valence-electron chi connectivity index (χ1n) is 6.27. The lowest BCUT2D eigenvalue weighted by Crippen LogP contribution is -2.47. The van der Waals surface area contributed by atoms with Gasteiger partial charge in [0.2, 0.25) is 0 Å². The van der Waals surface area contributed by atoms with Crippen molar-refractivity contribution in [3.8, 4) is 0 Å². The van der Waals surface area contributed by atoms with Crippen LogP contribution in [0.1, 0.15) is 49.4 Å². The molecule has 0 unspecified atom stereocenters. The molecule has 0 saturated heterocycles. The smallest absolute Gasteiger partial charge is 0.251 e. The SMILES string of the molecule is CC1(NC(=O)c2cc(Cl)cc(Br)c2)CCCCC1. The molecular formula is C14H17BrClNO. The minimum absolute atomic E-state index is 0.0393. The van der Waals surface area contributed by atoms with Crippen LogP contribution in [0, 0.1) is 0 Å². The number of hydrogen-bond acceptors (Lipinski definition) is 1. The van der Waals surface area contributed by atoms with Gasteiger partial charge in [0.25, 0.3) is 5.91 Å². The predicted molar refractivity (Wildman–Crippen MR) is 78.1 cm³/mol. The number of benzene rings is 1. The minimum atomic E-state index is -0.0654. The molecule has 0 aromatic heterocycles. The molecule has 1 aliphatic carbocycles. The van der Waals surface area contributed by atoms with Crippen molar-refractivity contribution in [1.82, 2.24) is 5.32 Å². The lowest BCUT2D eigenvalue weighted by atomic mass is 9.83. The molecule has 1 saturated carbocycles. The van der Waals surface area contributed by atoms with E-state index in [2.05, 4.69) is 28.2 Å². The monoisotopic (exact) mass is 329 g/mol. The Bertz CT molecular complexity index is 435. The minimum Gasteiger partial charge on any atom is -0.347 e. The summed E-state index contributed by atoms with van der Waals surface area (Å²) in [6.07, 6.45) is 5.77. The van der Waals surface area contributed by atoms with Gasteiger partial charge in [0.15, 0.2) is 0 Å². The quantitative estimate of drug-likeness (QED) is 0.846. The predicted octanol–water partition coefficient (Wildman–Crippen LogP) is 4.56. The van der Waals surface area contributed by atoms with Crippen LogP contribution in [0.25, 0.3) is 0 Å². The zero-order valence-electron chi connectivity index (χ0n) is 10.4. The van der Waals surface area contributed by atoms with Crippen molar-refractivity contribution in [2.24, 2.45) is 0 Å². The second-order valence-electron chi connectivity index (χ2n) is 5.23. The van der Waals surface area contributed by atoms with E-state index in [1.165, 1.54) is 19.3 Å². The Morgan fingerprint density at radius 1 is 1.28 bits per heavy atom. The Labute approximate surface area is 121 Å². The normalized spacial score (nSPS) is 18.4. The molecule has 2 nitrogen and oxygen atoms in total. The summed E-state index contributed by atoms with van der Waals surface area (Å²) >= 11 is 9.32. The number of hydrogen-bond donors (Lipinski definition) is 1. The molecule has 0 bridgehead atoms. The van der Waals surface area contributed by atoms with Crippen molar-refractivity contribution in [3.63, 3.8) is 0 Å². The van der Waals surface area contributed by atoms with Gasteiger partial charge in [0, 0.05) is 20.6 Å². The number of rotatable bonds is 2. The second-order valence-corrected chi connectivity index (χ2v) is 6.59. The van der Waals surface area contributed by atoms with Crippen LogP contribution >= 0.6 is 27.5 Å². The van der Waals surface area contributed by atoms with Gasteiger partial charge in [-0.15, -0.1) is 0 Å². The summed E-state index contributed by atoms with van der Waals surface area (Å²) < 4.78 is 0.828. The van der Waals surface area contributed by atoms with Gasteiger partial charge < -0.3 is 5.32 Å². The fourth-order valence-electron chi connectivity index (χ4n) is 2.49. The van der Waals surface area contributed by atoms with Crippen molar-refractivity contribution >= 4 is 33.4 Å². The molecule has 1 N–H and O–H groups in total. The second kappa shape index (κ2) is 5.62. The molecule has 1 amide bonds. The van der Waals surface area contributed by atoms with Gasteiger partial charge in [0.1, 0.15) is 0 Å². The van der Waals surface area contributed by atoms with E-state index in [9.17, 15) is 4.79 Å². The molecule has 1 fully saturated rings. The van der Waals surface area contributed by atoms with E-state index < -0.39 is 0 Å². The van der Waals surface area contributed by atoms with Crippen LogP contribution in [0.2, 0.25) is 5.02 Å². The molecule has 4 heteroatoms. The third kappa shape index (κ3) is 3.48. The van der Waals surface area contributed by atoms with E-state index in [0.29, 0.717) is 10.6 Å². The van der Waals surface area contributed by atoms with Gasteiger partial charge in [-0.05, 0) is 38.0 Å². The van der Waals surface area contributed by atoms with Crippen LogP contribution in [0.15, 0.2) is 22.7 Å².